The maximum Gasteiger partial charge on any atom is 0.228 e. The van der Waals surface area contributed by atoms with E-state index < -0.39 is 0 Å². The van der Waals surface area contributed by atoms with E-state index in [1.54, 1.807) is 0 Å². The maximum atomic E-state index is 5.50. The molecule has 3 aromatic rings. The number of nitrogens with one attached hydrogen (secondary N) is 1. The molecular formula is C23H26N4O. The Bertz CT molecular complexity index is 937. The Kier molecular flexibility index (Phi) is 5.53. The van der Waals surface area contributed by atoms with Gasteiger partial charge in [-0.15, -0.1) is 0 Å². The zero-order valence-corrected chi connectivity index (χ0v) is 16.5. The third-order valence-electron chi connectivity index (χ3n) is 5.07. The Morgan fingerprint density at radius 2 is 1.79 bits per heavy atom. The van der Waals surface area contributed by atoms with E-state index in [1.165, 1.54) is 11.1 Å². The second-order valence-corrected chi connectivity index (χ2v) is 6.99. The molecule has 1 aromatic heterocycles. The first-order chi connectivity index (χ1) is 13.7. The molecule has 0 amide bonds. The van der Waals surface area contributed by atoms with E-state index in [4.69, 9.17) is 14.7 Å². The maximum absolute atomic E-state index is 5.50. The van der Waals surface area contributed by atoms with Gasteiger partial charge in [-0.05, 0) is 24.5 Å². The first-order valence-electron chi connectivity index (χ1n) is 9.87. The van der Waals surface area contributed by atoms with E-state index in [0.717, 1.165) is 48.2 Å². The van der Waals surface area contributed by atoms with Crippen molar-refractivity contribution in [2.75, 3.05) is 36.5 Å². The van der Waals surface area contributed by atoms with Gasteiger partial charge < -0.3 is 15.0 Å². The lowest BCUT2D eigenvalue weighted by atomic mass is 10.1. The van der Waals surface area contributed by atoms with Gasteiger partial charge >= 0.3 is 0 Å². The summed E-state index contributed by atoms with van der Waals surface area (Å²) in [5.74, 6) is 1.57. The van der Waals surface area contributed by atoms with Crippen molar-refractivity contribution < 1.29 is 4.74 Å². The highest BCUT2D eigenvalue weighted by Gasteiger charge is 2.17. The van der Waals surface area contributed by atoms with Crippen LogP contribution < -0.4 is 10.2 Å². The van der Waals surface area contributed by atoms with Crippen molar-refractivity contribution in [1.29, 1.82) is 0 Å². The smallest absolute Gasteiger partial charge is 0.228 e. The van der Waals surface area contributed by atoms with Crippen LogP contribution in [0.25, 0.3) is 11.3 Å². The number of nitrogens with zero attached hydrogens (tertiary/aromatic N) is 3. The summed E-state index contributed by atoms with van der Waals surface area (Å²) < 4.78 is 5.50. The largest absolute Gasteiger partial charge is 0.378 e. The fourth-order valence-electron chi connectivity index (χ4n) is 3.49. The Hall–Kier alpha value is -2.92. The molecule has 1 N–H and O–H groups in total. The van der Waals surface area contributed by atoms with Crippen LogP contribution in [0.2, 0.25) is 0 Å². The lowest BCUT2D eigenvalue weighted by molar-refractivity contribution is 0.122. The second kappa shape index (κ2) is 8.40. The molecule has 144 valence electrons. The van der Waals surface area contributed by atoms with Crippen molar-refractivity contribution >= 4 is 17.5 Å². The molecular weight excluding hydrogens is 348 g/mol. The fourth-order valence-corrected chi connectivity index (χ4v) is 3.49. The Morgan fingerprint density at radius 3 is 2.54 bits per heavy atom. The number of hydrogen-bond donors (Lipinski definition) is 1. The lowest BCUT2D eigenvalue weighted by Crippen LogP contribution is -2.37. The summed E-state index contributed by atoms with van der Waals surface area (Å²) in [6.45, 7) is 7.33. The number of aromatic nitrogens is 2. The highest BCUT2D eigenvalue weighted by Crippen LogP contribution is 2.28. The minimum atomic E-state index is 0.708. The summed E-state index contributed by atoms with van der Waals surface area (Å²) in [5, 5.41) is 3.57. The van der Waals surface area contributed by atoms with Crippen molar-refractivity contribution in [3.63, 3.8) is 0 Å². The van der Waals surface area contributed by atoms with Gasteiger partial charge in [-0.25, -0.2) is 4.98 Å². The summed E-state index contributed by atoms with van der Waals surface area (Å²) in [7, 11) is 0. The van der Waals surface area contributed by atoms with Crippen molar-refractivity contribution in [3.8, 4) is 11.3 Å². The number of aryl methyl sites for hydroxylation is 2. The van der Waals surface area contributed by atoms with E-state index >= 15 is 0 Å². The predicted molar refractivity (Wildman–Crippen MR) is 114 cm³/mol. The predicted octanol–water partition coefficient (Wildman–Crippen LogP) is 4.59. The summed E-state index contributed by atoms with van der Waals surface area (Å²) in [4.78, 5) is 11.9. The molecule has 1 fully saturated rings. The molecule has 2 aromatic carbocycles. The number of morpholine rings is 1. The van der Waals surface area contributed by atoms with Crippen LogP contribution in [0.1, 0.15) is 18.1 Å². The van der Waals surface area contributed by atoms with Crippen LogP contribution in [0.4, 0.5) is 17.5 Å². The van der Waals surface area contributed by atoms with Gasteiger partial charge in [0.15, 0.2) is 0 Å². The quantitative estimate of drug-likeness (QED) is 0.708. The molecule has 1 saturated heterocycles. The van der Waals surface area contributed by atoms with Crippen molar-refractivity contribution in [1.82, 2.24) is 9.97 Å². The normalized spacial score (nSPS) is 14.1. The molecule has 5 nitrogen and oxygen atoms in total. The fraction of sp³-hybridized carbons (Fsp3) is 0.304. The van der Waals surface area contributed by atoms with Gasteiger partial charge in [0.2, 0.25) is 5.95 Å². The minimum absolute atomic E-state index is 0.708. The van der Waals surface area contributed by atoms with Gasteiger partial charge in [-0.2, -0.15) is 4.98 Å². The van der Waals surface area contributed by atoms with E-state index in [-0.39, 0.29) is 0 Å². The van der Waals surface area contributed by atoms with Crippen LogP contribution in [0.15, 0.2) is 54.6 Å². The van der Waals surface area contributed by atoms with Crippen molar-refractivity contribution in [3.05, 3.63) is 65.7 Å². The summed E-state index contributed by atoms with van der Waals surface area (Å²) in [6.07, 6.45) is 0.969. The Labute approximate surface area is 166 Å². The number of rotatable bonds is 5. The van der Waals surface area contributed by atoms with Gasteiger partial charge in [0.1, 0.15) is 5.82 Å². The van der Waals surface area contributed by atoms with Crippen LogP contribution in [0, 0.1) is 6.92 Å². The zero-order chi connectivity index (χ0) is 19.3. The molecule has 5 heteroatoms. The molecule has 4 rings (SSSR count). The molecule has 0 spiro atoms. The van der Waals surface area contributed by atoms with Crippen LogP contribution in [-0.4, -0.2) is 36.3 Å². The first-order valence-corrected chi connectivity index (χ1v) is 9.87. The van der Waals surface area contributed by atoms with Crippen molar-refractivity contribution in [2.45, 2.75) is 20.3 Å². The van der Waals surface area contributed by atoms with Gasteiger partial charge in [-0.1, -0.05) is 55.5 Å². The molecule has 0 aliphatic carbocycles. The highest BCUT2D eigenvalue weighted by atomic mass is 16.5. The number of benzene rings is 2. The van der Waals surface area contributed by atoms with Gasteiger partial charge in [0.25, 0.3) is 0 Å². The molecule has 1 aliphatic rings. The topological polar surface area (TPSA) is 50.3 Å². The van der Waals surface area contributed by atoms with Gasteiger partial charge in [-0.3, -0.25) is 0 Å². The van der Waals surface area contributed by atoms with Gasteiger partial charge in [0.05, 0.1) is 18.9 Å². The average Bonchev–Trinajstić information content (AvgIpc) is 2.76. The third kappa shape index (κ3) is 3.99. The molecule has 0 radical (unpaired) electrons. The monoisotopic (exact) mass is 374 g/mol. The molecule has 0 atom stereocenters. The summed E-state index contributed by atoms with van der Waals surface area (Å²) in [6, 6.07) is 18.7. The minimum Gasteiger partial charge on any atom is -0.378 e. The molecule has 0 unspecified atom stereocenters. The number of hydrogen-bond acceptors (Lipinski definition) is 5. The first kappa shape index (κ1) is 18.4. The molecule has 0 saturated carbocycles. The second-order valence-electron chi connectivity index (χ2n) is 6.99. The van der Waals surface area contributed by atoms with Crippen LogP contribution >= 0.6 is 0 Å². The van der Waals surface area contributed by atoms with Gasteiger partial charge in [0, 0.05) is 30.4 Å². The molecule has 28 heavy (non-hydrogen) atoms. The third-order valence-corrected chi connectivity index (χ3v) is 5.07. The van der Waals surface area contributed by atoms with Crippen LogP contribution in [0.3, 0.4) is 0 Å². The van der Waals surface area contributed by atoms with Crippen LogP contribution in [0.5, 0.6) is 0 Å². The standard InChI is InChI=1S/C23H26N4O/c1-3-18-11-7-8-17(2)22(18)25-21-16-20(19-9-5-4-6-10-19)24-23(26-21)27-12-14-28-15-13-27/h4-11,16H,3,12-15H2,1-2H3,(H,24,25,26). The molecule has 2 heterocycles. The van der Waals surface area contributed by atoms with E-state index in [9.17, 15) is 0 Å². The summed E-state index contributed by atoms with van der Waals surface area (Å²) in [5.41, 5.74) is 5.64. The number of anilines is 3. The molecule has 0 bridgehead atoms. The SMILES string of the molecule is CCc1cccc(C)c1Nc1cc(-c2ccccc2)nc(N2CCOCC2)n1. The average molecular weight is 374 g/mol. The number of ether oxygens (including phenoxy) is 1. The Morgan fingerprint density at radius 1 is 1.00 bits per heavy atom. The van der Waals surface area contributed by atoms with E-state index in [2.05, 4.69) is 54.4 Å². The number of para-hydroxylation sites is 1. The van der Waals surface area contributed by atoms with Crippen molar-refractivity contribution in [2.24, 2.45) is 0 Å². The lowest BCUT2D eigenvalue weighted by Gasteiger charge is -2.27. The Balaban J connectivity index is 1.76. The van der Waals surface area contributed by atoms with E-state index in [0.29, 0.717) is 13.2 Å². The van der Waals surface area contributed by atoms with E-state index in [1.807, 2.05) is 24.3 Å². The summed E-state index contributed by atoms with van der Waals surface area (Å²) >= 11 is 0. The highest BCUT2D eigenvalue weighted by molar-refractivity contribution is 5.70. The zero-order valence-electron chi connectivity index (χ0n) is 16.5. The van der Waals surface area contributed by atoms with Crippen LogP contribution in [-0.2, 0) is 11.2 Å². The molecule has 1 aliphatic heterocycles.